The van der Waals surface area contributed by atoms with Gasteiger partial charge in [0.1, 0.15) is 0 Å². The van der Waals surface area contributed by atoms with Crippen LogP contribution in [-0.2, 0) is 13.5 Å². The van der Waals surface area contributed by atoms with Crippen LogP contribution in [0.2, 0.25) is 0 Å². The molecule has 3 heterocycles. The van der Waals surface area contributed by atoms with Gasteiger partial charge in [0.05, 0.1) is 15.6 Å². The zero-order valence-corrected chi connectivity index (χ0v) is 16.6. The molecule has 0 saturated carbocycles. The molecular weight excluding hydrogens is 356 g/mol. The van der Waals surface area contributed by atoms with E-state index in [-0.39, 0.29) is 5.56 Å². The molecule has 0 saturated heterocycles. The van der Waals surface area contributed by atoms with E-state index in [2.05, 4.69) is 34.0 Å². The summed E-state index contributed by atoms with van der Waals surface area (Å²) >= 11 is 1.56. The number of aryl methyl sites for hydroxylation is 3. The zero-order chi connectivity index (χ0) is 19.1. The van der Waals surface area contributed by atoms with Crippen LogP contribution in [0.25, 0.3) is 32.7 Å². The average Bonchev–Trinajstić information content (AvgIpc) is 3.11. The van der Waals surface area contributed by atoms with E-state index in [1.807, 2.05) is 19.9 Å². The Bertz CT molecular complexity index is 1210. The van der Waals surface area contributed by atoms with Crippen LogP contribution in [0.1, 0.15) is 23.1 Å². The second-order valence-electron chi connectivity index (χ2n) is 6.67. The summed E-state index contributed by atoms with van der Waals surface area (Å²) in [7, 11) is 1.80. The predicted molar refractivity (Wildman–Crippen MR) is 110 cm³/mol. The van der Waals surface area contributed by atoms with Gasteiger partial charge in [-0.2, -0.15) is 0 Å². The van der Waals surface area contributed by atoms with E-state index in [0.717, 1.165) is 43.9 Å². The third-order valence-corrected chi connectivity index (χ3v) is 5.67. The number of nitrogens with zero attached hydrogens (tertiary/aromatic N) is 4. The minimum absolute atomic E-state index is 0.00283. The Kier molecular flexibility index (Phi) is 4.36. The maximum absolute atomic E-state index is 12.9. The summed E-state index contributed by atoms with van der Waals surface area (Å²) in [6.07, 6.45) is 6.22. The van der Waals surface area contributed by atoms with Crippen molar-refractivity contribution in [1.82, 2.24) is 19.5 Å². The van der Waals surface area contributed by atoms with E-state index >= 15 is 0 Å². The lowest BCUT2D eigenvalue weighted by Crippen LogP contribution is -2.19. The molecule has 0 spiro atoms. The number of hydrogen-bond donors (Lipinski definition) is 0. The number of aromatic nitrogens is 4. The Hall–Kier alpha value is -2.86. The lowest BCUT2D eigenvalue weighted by molar-refractivity contribution is 0.880. The van der Waals surface area contributed by atoms with Crippen molar-refractivity contribution in [2.24, 2.45) is 7.05 Å². The summed E-state index contributed by atoms with van der Waals surface area (Å²) in [4.78, 5) is 27.1. The summed E-state index contributed by atoms with van der Waals surface area (Å²) in [5, 5.41) is 2.75. The van der Waals surface area contributed by atoms with Crippen LogP contribution in [-0.4, -0.2) is 19.5 Å². The molecule has 0 aliphatic carbocycles. The maximum atomic E-state index is 12.9. The molecule has 0 bridgehead atoms. The molecule has 0 aliphatic heterocycles. The van der Waals surface area contributed by atoms with Crippen molar-refractivity contribution in [2.75, 3.05) is 0 Å². The highest BCUT2D eigenvalue weighted by Gasteiger charge is 2.13. The summed E-state index contributed by atoms with van der Waals surface area (Å²) in [5.74, 6) is 0.653. The zero-order valence-electron chi connectivity index (χ0n) is 15.8. The highest BCUT2D eigenvalue weighted by atomic mass is 32.1. The van der Waals surface area contributed by atoms with Gasteiger partial charge in [-0.3, -0.25) is 4.79 Å². The first-order valence-electron chi connectivity index (χ1n) is 8.86. The fourth-order valence-electron chi connectivity index (χ4n) is 3.37. The van der Waals surface area contributed by atoms with Crippen molar-refractivity contribution in [3.05, 3.63) is 63.3 Å². The van der Waals surface area contributed by atoms with Gasteiger partial charge in [-0.1, -0.05) is 18.6 Å². The summed E-state index contributed by atoms with van der Waals surface area (Å²) in [6.45, 7) is 6.10. The van der Waals surface area contributed by atoms with E-state index in [4.69, 9.17) is 0 Å². The molecular formula is C21H20N4OS. The van der Waals surface area contributed by atoms with E-state index < -0.39 is 0 Å². The van der Waals surface area contributed by atoms with Crippen molar-refractivity contribution in [3.63, 3.8) is 0 Å². The Labute approximate surface area is 161 Å². The maximum Gasteiger partial charge on any atom is 0.258 e. The summed E-state index contributed by atoms with van der Waals surface area (Å²) in [5.41, 5.74) is 3.93. The first kappa shape index (κ1) is 17.5. The Balaban J connectivity index is 1.87. The Morgan fingerprint density at radius 3 is 2.37 bits per heavy atom. The molecule has 136 valence electrons. The largest absolute Gasteiger partial charge is 0.311 e. The number of rotatable bonds is 3. The lowest BCUT2D eigenvalue weighted by Gasteiger charge is -2.13. The first-order chi connectivity index (χ1) is 13.0. The van der Waals surface area contributed by atoms with Crippen LogP contribution >= 0.6 is 11.3 Å². The number of benzene rings is 1. The smallest absolute Gasteiger partial charge is 0.258 e. The SMILES string of the molecule is CCc1cc(C)cc2c(=O)n(C)c(-c3cnc(-c4cnc(C)s4)nc3)cc12. The molecule has 0 atom stereocenters. The molecule has 0 radical (unpaired) electrons. The van der Waals surface area contributed by atoms with Crippen molar-refractivity contribution < 1.29 is 0 Å². The quantitative estimate of drug-likeness (QED) is 0.535. The van der Waals surface area contributed by atoms with Crippen molar-refractivity contribution >= 4 is 22.1 Å². The van der Waals surface area contributed by atoms with Gasteiger partial charge in [0.25, 0.3) is 5.56 Å². The monoisotopic (exact) mass is 376 g/mol. The van der Waals surface area contributed by atoms with Gasteiger partial charge in [-0.05, 0) is 43.4 Å². The molecule has 4 rings (SSSR count). The second-order valence-corrected chi connectivity index (χ2v) is 7.91. The number of hydrogen-bond acceptors (Lipinski definition) is 5. The number of fused-ring (bicyclic) bond motifs is 1. The Morgan fingerprint density at radius 2 is 1.74 bits per heavy atom. The molecule has 4 aromatic rings. The van der Waals surface area contributed by atoms with Gasteiger partial charge in [-0.15, -0.1) is 11.3 Å². The minimum atomic E-state index is 0.00283. The van der Waals surface area contributed by atoms with Gasteiger partial charge in [0.15, 0.2) is 5.82 Å². The third-order valence-electron chi connectivity index (χ3n) is 4.76. The predicted octanol–water partition coefficient (Wildman–Crippen LogP) is 4.30. The van der Waals surface area contributed by atoms with Crippen LogP contribution in [0.15, 0.2) is 41.6 Å². The van der Waals surface area contributed by atoms with E-state index in [9.17, 15) is 4.79 Å². The number of pyridine rings is 1. The third kappa shape index (κ3) is 3.06. The summed E-state index contributed by atoms with van der Waals surface area (Å²) < 4.78 is 1.68. The van der Waals surface area contributed by atoms with Crippen LogP contribution in [0.4, 0.5) is 0 Å². The fraction of sp³-hybridized carbons (Fsp3) is 0.238. The van der Waals surface area contributed by atoms with Crippen molar-refractivity contribution in [3.8, 4) is 22.0 Å². The van der Waals surface area contributed by atoms with Gasteiger partial charge in [0, 0.05) is 36.6 Å². The molecule has 3 aromatic heterocycles. The van der Waals surface area contributed by atoms with Crippen LogP contribution < -0.4 is 5.56 Å². The minimum Gasteiger partial charge on any atom is -0.311 e. The molecule has 0 N–H and O–H groups in total. The molecule has 6 heteroatoms. The molecule has 0 aliphatic rings. The summed E-state index contributed by atoms with van der Waals surface area (Å²) in [6, 6.07) is 6.19. The van der Waals surface area contributed by atoms with Crippen molar-refractivity contribution in [1.29, 1.82) is 0 Å². The Morgan fingerprint density at radius 1 is 1.00 bits per heavy atom. The van der Waals surface area contributed by atoms with E-state index in [1.54, 1.807) is 41.5 Å². The highest BCUT2D eigenvalue weighted by molar-refractivity contribution is 7.14. The van der Waals surface area contributed by atoms with E-state index in [0.29, 0.717) is 5.82 Å². The van der Waals surface area contributed by atoms with Gasteiger partial charge < -0.3 is 4.57 Å². The first-order valence-corrected chi connectivity index (χ1v) is 9.68. The van der Waals surface area contributed by atoms with Crippen LogP contribution in [0.5, 0.6) is 0 Å². The normalized spacial score (nSPS) is 11.3. The molecule has 1 aromatic carbocycles. The molecule has 0 fully saturated rings. The highest BCUT2D eigenvalue weighted by Crippen LogP contribution is 2.27. The van der Waals surface area contributed by atoms with Gasteiger partial charge >= 0.3 is 0 Å². The fourth-order valence-corrected chi connectivity index (χ4v) is 4.09. The van der Waals surface area contributed by atoms with Gasteiger partial charge in [0.2, 0.25) is 0 Å². The van der Waals surface area contributed by atoms with Gasteiger partial charge in [-0.25, -0.2) is 15.0 Å². The van der Waals surface area contributed by atoms with Crippen LogP contribution in [0.3, 0.4) is 0 Å². The average molecular weight is 376 g/mol. The van der Waals surface area contributed by atoms with E-state index in [1.165, 1.54) is 5.56 Å². The molecule has 0 unspecified atom stereocenters. The number of thiazole rings is 1. The topological polar surface area (TPSA) is 60.7 Å². The van der Waals surface area contributed by atoms with Crippen molar-refractivity contribution in [2.45, 2.75) is 27.2 Å². The molecule has 27 heavy (non-hydrogen) atoms. The lowest BCUT2D eigenvalue weighted by atomic mass is 9.99. The van der Waals surface area contributed by atoms with Crippen LogP contribution in [0, 0.1) is 13.8 Å². The second kappa shape index (κ2) is 6.70. The molecule has 0 amide bonds. The molecule has 5 nitrogen and oxygen atoms in total. The standard InChI is InChI=1S/C21H20N4OS/c1-5-14-6-12(2)7-17-16(14)8-18(25(4)21(17)26)15-9-23-20(24-10-15)19-11-22-13(3)27-19/h6-11H,5H2,1-4H3.